The molecule has 7 heteroatoms. The predicted molar refractivity (Wildman–Crippen MR) is 113 cm³/mol. The van der Waals surface area contributed by atoms with Gasteiger partial charge in [0.2, 0.25) is 0 Å². The molecule has 1 atom stereocenters. The van der Waals surface area contributed by atoms with Crippen LogP contribution in [0, 0.1) is 0 Å². The van der Waals surface area contributed by atoms with E-state index in [1.54, 1.807) is 12.1 Å². The highest BCUT2D eigenvalue weighted by atomic mass is 19.4. The van der Waals surface area contributed by atoms with Crippen LogP contribution in [0.3, 0.4) is 0 Å². The van der Waals surface area contributed by atoms with Crippen LogP contribution >= 0.6 is 0 Å². The Morgan fingerprint density at radius 3 is 2.00 bits per heavy atom. The molecule has 1 unspecified atom stereocenters. The Morgan fingerprint density at radius 1 is 0.900 bits per heavy atom. The lowest BCUT2D eigenvalue weighted by Crippen LogP contribution is -2.41. The molecule has 2 aliphatic rings. The molecule has 0 amide bonds. The number of alkyl halides is 3. The SMILES string of the molecule is CC1(C)OB(c2ccc(C3CCCN3c3ccc(C(F)(F)F)cc3)cc2)OC1(C)C. The van der Waals surface area contributed by atoms with Gasteiger partial charge in [0.15, 0.2) is 0 Å². The molecule has 0 N–H and O–H groups in total. The zero-order chi connectivity index (χ0) is 21.7. The lowest BCUT2D eigenvalue weighted by molar-refractivity contribution is -0.137. The molecule has 0 saturated carbocycles. The zero-order valence-corrected chi connectivity index (χ0v) is 17.8. The minimum Gasteiger partial charge on any atom is -0.399 e. The van der Waals surface area contributed by atoms with E-state index in [0.717, 1.165) is 48.2 Å². The summed E-state index contributed by atoms with van der Waals surface area (Å²) in [6, 6.07) is 13.8. The van der Waals surface area contributed by atoms with Crippen molar-refractivity contribution < 1.29 is 22.5 Å². The van der Waals surface area contributed by atoms with Gasteiger partial charge >= 0.3 is 13.3 Å². The molecule has 3 nitrogen and oxygen atoms in total. The van der Waals surface area contributed by atoms with Crippen LogP contribution in [0.5, 0.6) is 0 Å². The highest BCUT2D eigenvalue weighted by Crippen LogP contribution is 2.39. The van der Waals surface area contributed by atoms with E-state index in [4.69, 9.17) is 9.31 Å². The molecule has 0 spiro atoms. The Morgan fingerprint density at radius 2 is 1.47 bits per heavy atom. The second-order valence-electron chi connectivity index (χ2n) is 9.15. The van der Waals surface area contributed by atoms with E-state index in [9.17, 15) is 13.2 Å². The van der Waals surface area contributed by atoms with E-state index in [-0.39, 0.29) is 17.2 Å². The standard InChI is InChI=1S/C23H27BF3NO2/c1-21(2)22(3,4)30-24(29-21)18-11-7-16(8-12-18)20-6-5-15-28(20)19-13-9-17(10-14-19)23(25,26)27/h7-14,20H,5-6,15H2,1-4H3. The maximum Gasteiger partial charge on any atom is 0.494 e. The van der Waals surface area contributed by atoms with Crippen LogP contribution < -0.4 is 10.4 Å². The number of anilines is 1. The van der Waals surface area contributed by atoms with Crippen molar-refractivity contribution in [3.05, 3.63) is 59.7 Å². The van der Waals surface area contributed by atoms with Crippen molar-refractivity contribution in [1.82, 2.24) is 0 Å². The van der Waals surface area contributed by atoms with Crippen LogP contribution in [-0.2, 0) is 15.5 Å². The summed E-state index contributed by atoms with van der Waals surface area (Å²) in [5.41, 5.74) is 1.54. The maximum atomic E-state index is 12.9. The number of halogens is 3. The number of nitrogens with zero attached hydrogens (tertiary/aromatic N) is 1. The third-order valence-corrected chi connectivity index (χ3v) is 6.63. The van der Waals surface area contributed by atoms with Gasteiger partial charge in [-0.25, -0.2) is 0 Å². The van der Waals surface area contributed by atoms with Crippen LogP contribution in [0.15, 0.2) is 48.5 Å². The van der Waals surface area contributed by atoms with Crippen LogP contribution in [0.25, 0.3) is 0 Å². The zero-order valence-electron chi connectivity index (χ0n) is 17.8. The Bertz CT molecular complexity index is 878. The first kappa shape index (κ1) is 21.3. The van der Waals surface area contributed by atoms with E-state index in [2.05, 4.69) is 17.0 Å². The summed E-state index contributed by atoms with van der Waals surface area (Å²) < 4.78 is 50.8. The van der Waals surface area contributed by atoms with Gasteiger partial charge in [-0.1, -0.05) is 24.3 Å². The number of hydrogen-bond donors (Lipinski definition) is 0. The second kappa shape index (κ2) is 7.31. The number of benzene rings is 2. The van der Waals surface area contributed by atoms with Gasteiger partial charge in [-0.05, 0) is 75.8 Å². The van der Waals surface area contributed by atoms with Crippen molar-refractivity contribution in [2.75, 3.05) is 11.4 Å². The van der Waals surface area contributed by atoms with Gasteiger partial charge in [-0.15, -0.1) is 0 Å². The maximum absolute atomic E-state index is 12.9. The average molecular weight is 417 g/mol. The molecule has 2 saturated heterocycles. The van der Waals surface area contributed by atoms with Gasteiger partial charge in [0.05, 0.1) is 22.8 Å². The summed E-state index contributed by atoms with van der Waals surface area (Å²) >= 11 is 0. The molecule has 2 heterocycles. The number of rotatable bonds is 3. The Hall–Kier alpha value is -1.99. The van der Waals surface area contributed by atoms with E-state index in [1.807, 2.05) is 39.8 Å². The van der Waals surface area contributed by atoms with E-state index >= 15 is 0 Å². The fraction of sp³-hybridized carbons (Fsp3) is 0.478. The van der Waals surface area contributed by atoms with Crippen molar-refractivity contribution in [3.63, 3.8) is 0 Å². The smallest absolute Gasteiger partial charge is 0.399 e. The summed E-state index contributed by atoms with van der Waals surface area (Å²) in [5.74, 6) is 0. The predicted octanol–water partition coefficient (Wildman–Crippen LogP) is 5.35. The Labute approximate surface area is 176 Å². The summed E-state index contributed by atoms with van der Waals surface area (Å²) in [7, 11) is -0.404. The molecule has 160 valence electrons. The third kappa shape index (κ3) is 3.85. The van der Waals surface area contributed by atoms with Crippen LogP contribution in [-0.4, -0.2) is 24.9 Å². The highest BCUT2D eigenvalue weighted by molar-refractivity contribution is 6.62. The minimum atomic E-state index is -4.31. The normalized spacial score (nSPS) is 23.2. The Balaban J connectivity index is 1.51. The molecule has 2 aromatic carbocycles. The molecule has 2 fully saturated rings. The fourth-order valence-electron chi connectivity index (χ4n) is 4.12. The molecule has 0 bridgehead atoms. The quantitative estimate of drug-likeness (QED) is 0.629. The largest absolute Gasteiger partial charge is 0.494 e. The van der Waals surface area contributed by atoms with Crippen LogP contribution in [0.2, 0.25) is 0 Å². The topological polar surface area (TPSA) is 21.7 Å². The van der Waals surface area contributed by atoms with Gasteiger partial charge in [-0.3, -0.25) is 0 Å². The highest BCUT2D eigenvalue weighted by Gasteiger charge is 2.51. The van der Waals surface area contributed by atoms with Crippen molar-refractivity contribution in [2.24, 2.45) is 0 Å². The molecule has 4 rings (SSSR count). The molecule has 0 aliphatic carbocycles. The van der Waals surface area contributed by atoms with Crippen molar-refractivity contribution in [2.45, 2.75) is 64.0 Å². The van der Waals surface area contributed by atoms with Crippen molar-refractivity contribution in [3.8, 4) is 0 Å². The second-order valence-corrected chi connectivity index (χ2v) is 9.15. The molecule has 2 aliphatic heterocycles. The molecule has 0 aromatic heterocycles. The van der Waals surface area contributed by atoms with Gasteiger partial charge in [-0.2, -0.15) is 13.2 Å². The molecular weight excluding hydrogens is 390 g/mol. The molecule has 30 heavy (non-hydrogen) atoms. The van der Waals surface area contributed by atoms with Gasteiger partial charge < -0.3 is 14.2 Å². The summed E-state index contributed by atoms with van der Waals surface area (Å²) in [4.78, 5) is 2.18. The fourth-order valence-corrected chi connectivity index (χ4v) is 4.12. The van der Waals surface area contributed by atoms with Crippen LogP contribution in [0.4, 0.5) is 18.9 Å². The molecule has 2 aromatic rings. The molecular formula is C23H27BF3NO2. The number of hydrogen-bond acceptors (Lipinski definition) is 3. The van der Waals surface area contributed by atoms with E-state index in [1.165, 1.54) is 0 Å². The average Bonchev–Trinajstić information content (AvgIpc) is 3.24. The van der Waals surface area contributed by atoms with Gasteiger partial charge in [0.1, 0.15) is 0 Å². The lowest BCUT2D eigenvalue weighted by atomic mass is 9.78. The minimum absolute atomic E-state index is 0.147. The summed E-state index contributed by atoms with van der Waals surface area (Å²) in [6.07, 6.45) is -2.34. The van der Waals surface area contributed by atoms with Gasteiger partial charge in [0, 0.05) is 12.2 Å². The third-order valence-electron chi connectivity index (χ3n) is 6.63. The van der Waals surface area contributed by atoms with Crippen LogP contribution in [0.1, 0.15) is 57.7 Å². The van der Waals surface area contributed by atoms with E-state index < -0.39 is 18.9 Å². The summed E-state index contributed by atoms with van der Waals surface area (Å²) in [6.45, 7) is 8.95. The first-order valence-corrected chi connectivity index (χ1v) is 10.4. The van der Waals surface area contributed by atoms with Gasteiger partial charge in [0.25, 0.3) is 0 Å². The lowest BCUT2D eigenvalue weighted by Gasteiger charge is -2.32. The van der Waals surface area contributed by atoms with E-state index in [0.29, 0.717) is 0 Å². The molecule has 0 radical (unpaired) electrons. The van der Waals surface area contributed by atoms with Crippen molar-refractivity contribution >= 4 is 18.3 Å². The summed E-state index contributed by atoms with van der Waals surface area (Å²) in [5, 5.41) is 0. The monoisotopic (exact) mass is 417 g/mol. The first-order chi connectivity index (χ1) is 14.0. The first-order valence-electron chi connectivity index (χ1n) is 10.4. The van der Waals surface area contributed by atoms with Crippen molar-refractivity contribution in [1.29, 1.82) is 0 Å². The Kier molecular flexibility index (Phi) is 5.18.